The molecule has 10 heteroatoms. The zero-order valence-electron chi connectivity index (χ0n) is 16.0. The SMILES string of the molecule is Cc1ccc(SN2CC3(CCN(c4cnc5cnn(CC(F)F)c5n4)C3)C2)cn1. The van der Waals surface area contributed by atoms with E-state index in [4.69, 9.17) is 0 Å². The van der Waals surface area contributed by atoms with E-state index in [1.165, 1.54) is 10.9 Å². The number of anilines is 1. The zero-order chi connectivity index (χ0) is 20.0. The molecule has 29 heavy (non-hydrogen) atoms. The van der Waals surface area contributed by atoms with E-state index < -0.39 is 13.0 Å². The number of pyridine rings is 1. The molecule has 3 aromatic rings. The number of rotatable bonds is 5. The van der Waals surface area contributed by atoms with Crippen LogP contribution in [0, 0.1) is 12.3 Å². The fourth-order valence-corrected chi connectivity index (χ4v) is 5.27. The summed E-state index contributed by atoms with van der Waals surface area (Å²) in [6.07, 6.45) is 3.74. The summed E-state index contributed by atoms with van der Waals surface area (Å²) >= 11 is 1.75. The minimum atomic E-state index is -2.47. The summed E-state index contributed by atoms with van der Waals surface area (Å²) in [7, 11) is 0. The molecular weight excluding hydrogens is 396 g/mol. The lowest BCUT2D eigenvalue weighted by Gasteiger charge is -2.47. The van der Waals surface area contributed by atoms with Crippen LogP contribution in [0.3, 0.4) is 0 Å². The number of fused-ring (bicyclic) bond motifs is 1. The van der Waals surface area contributed by atoms with E-state index in [1.807, 2.05) is 19.2 Å². The molecule has 0 unspecified atom stereocenters. The monoisotopic (exact) mass is 417 g/mol. The second-order valence-corrected chi connectivity index (χ2v) is 9.02. The largest absolute Gasteiger partial charge is 0.355 e. The molecule has 0 radical (unpaired) electrons. The van der Waals surface area contributed by atoms with Crippen molar-refractivity contribution < 1.29 is 8.78 Å². The van der Waals surface area contributed by atoms with E-state index in [2.05, 4.69) is 35.3 Å². The molecule has 0 aliphatic carbocycles. The van der Waals surface area contributed by atoms with Crippen LogP contribution in [-0.2, 0) is 6.54 Å². The smallest absolute Gasteiger partial charge is 0.258 e. The topological polar surface area (TPSA) is 63.0 Å². The van der Waals surface area contributed by atoms with Crippen LogP contribution in [-0.4, -0.2) is 61.6 Å². The fourth-order valence-electron chi connectivity index (χ4n) is 4.07. The number of halogens is 2. The summed E-state index contributed by atoms with van der Waals surface area (Å²) in [6, 6.07) is 4.13. The van der Waals surface area contributed by atoms with Gasteiger partial charge in [-0.05, 0) is 37.4 Å². The maximum atomic E-state index is 12.8. The highest BCUT2D eigenvalue weighted by Gasteiger charge is 2.48. The highest BCUT2D eigenvalue weighted by Crippen LogP contribution is 2.45. The van der Waals surface area contributed by atoms with Crippen LogP contribution >= 0.6 is 11.9 Å². The van der Waals surface area contributed by atoms with Crippen molar-refractivity contribution in [2.75, 3.05) is 31.1 Å². The Morgan fingerprint density at radius 2 is 2.00 bits per heavy atom. The van der Waals surface area contributed by atoms with E-state index in [0.717, 1.165) is 49.0 Å². The van der Waals surface area contributed by atoms with E-state index in [9.17, 15) is 8.78 Å². The molecule has 5 heterocycles. The Labute approximate surface area is 171 Å². The van der Waals surface area contributed by atoms with Gasteiger partial charge in [0.15, 0.2) is 5.65 Å². The van der Waals surface area contributed by atoms with Gasteiger partial charge < -0.3 is 4.90 Å². The molecule has 2 aliphatic heterocycles. The number of hydrogen-bond donors (Lipinski definition) is 0. The van der Waals surface area contributed by atoms with Gasteiger partial charge >= 0.3 is 0 Å². The van der Waals surface area contributed by atoms with Crippen LogP contribution in [0.25, 0.3) is 11.2 Å². The molecule has 2 saturated heterocycles. The maximum Gasteiger partial charge on any atom is 0.258 e. The first-order valence-electron chi connectivity index (χ1n) is 9.57. The minimum absolute atomic E-state index is 0.255. The molecule has 0 atom stereocenters. The summed E-state index contributed by atoms with van der Waals surface area (Å²) in [4.78, 5) is 16.7. The number of aryl methyl sites for hydroxylation is 1. The highest BCUT2D eigenvalue weighted by molar-refractivity contribution is 7.97. The van der Waals surface area contributed by atoms with E-state index >= 15 is 0 Å². The molecule has 152 valence electrons. The van der Waals surface area contributed by atoms with Gasteiger partial charge in [-0.25, -0.2) is 27.7 Å². The third-order valence-corrected chi connectivity index (χ3v) is 6.52. The molecule has 0 saturated carbocycles. The van der Waals surface area contributed by atoms with Crippen LogP contribution in [0.5, 0.6) is 0 Å². The Morgan fingerprint density at radius 3 is 2.76 bits per heavy atom. The molecule has 2 fully saturated rings. The number of aromatic nitrogens is 5. The fraction of sp³-hybridized carbons (Fsp3) is 0.474. The van der Waals surface area contributed by atoms with Crippen molar-refractivity contribution in [1.29, 1.82) is 0 Å². The summed E-state index contributed by atoms with van der Waals surface area (Å²) in [5, 5.41) is 3.99. The van der Waals surface area contributed by atoms with Crippen molar-refractivity contribution in [3.05, 3.63) is 36.4 Å². The van der Waals surface area contributed by atoms with Crippen molar-refractivity contribution in [2.24, 2.45) is 5.41 Å². The predicted octanol–water partition coefficient (Wildman–Crippen LogP) is 3.01. The molecular formula is C19H21F2N7S. The molecule has 1 spiro atoms. The van der Waals surface area contributed by atoms with Crippen LogP contribution in [0.15, 0.2) is 35.6 Å². The Bertz CT molecular complexity index is 1020. The van der Waals surface area contributed by atoms with E-state index in [1.54, 1.807) is 18.1 Å². The highest BCUT2D eigenvalue weighted by atomic mass is 32.2. The second-order valence-electron chi connectivity index (χ2n) is 7.85. The lowest BCUT2D eigenvalue weighted by molar-refractivity contribution is 0.105. The van der Waals surface area contributed by atoms with Crippen LogP contribution in [0.2, 0.25) is 0 Å². The van der Waals surface area contributed by atoms with Gasteiger partial charge in [0.05, 0.1) is 12.4 Å². The summed E-state index contributed by atoms with van der Waals surface area (Å²) in [5.41, 5.74) is 2.24. The van der Waals surface area contributed by atoms with Crippen molar-refractivity contribution in [3.8, 4) is 0 Å². The Kier molecular flexibility index (Phi) is 4.62. The van der Waals surface area contributed by atoms with Crippen molar-refractivity contribution in [3.63, 3.8) is 0 Å². The molecule has 5 rings (SSSR count). The van der Waals surface area contributed by atoms with Crippen LogP contribution in [0.4, 0.5) is 14.6 Å². The normalized spacial score (nSPS) is 18.8. The number of nitrogens with zero attached hydrogens (tertiary/aromatic N) is 7. The molecule has 0 N–H and O–H groups in total. The van der Waals surface area contributed by atoms with E-state index in [0.29, 0.717) is 11.2 Å². The molecule has 7 nitrogen and oxygen atoms in total. The lowest BCUT2D eigenvalue weighted by atomic mass is 9.81. The summed E-state index contributed by atoms with van der Waals surface area (Å²) in [6.45, 7) is 5.35. The Morgan fingerprint density at radius 1 is 1.14 bits per heavy atom. The minimum Gasteiger partial charge on any atom is -0.355 e. The molecule has 0 aromatic carbocycles. The van der Waals surface area contributed by atoms with Gasteiger partial charge in [0.1, 0.15) is 17.9 Å². The lowest BCUT2D eigenvalue weighted by Crippen LogP contribution is -2.54. The standard InChI is InChI=1S/C19H21F2N7S/c1-13-2-3-14(6-22-13)29-27-11-19(12-27)4-5-26(10-19)17-8-23-15-7-24-28(9-16(20)21)18(15)25-17/h2-3,6-8,16H,4-5,9-12H2,1H3. The molecule has 2 aliphatic rings. The zero-order valence-corrected chi connectivity index (χ0v) is 16.8. The van der Waals surface area contributed by atoms with Gasteiger partial charge in [0.25, 0.3) is 6.43 Å². The van der Waals surface area contributed by atoms with Crippen LogP contribution < -0.4 is 4.90 Å². The van der Waals surface area contributed by atoms with Gasteiger partial charge in [-0.15, -0.1) is 0 Å². The quantitative estimate of drug-likeness (QED) is 0.592. The third kappa shape index (κ3) is 3.66. The van der Waals surface area contributed by atoms with Crippen molar-refractivity contribution in [2.45, 2.75) is 31.2 Å². The summed E-state index contributed by atoms with van der Waals surface area (Å²) in [5.74, 6) is 0.735. The first kappa shape index (κ1) is 18.7. The van der Waals surface area contributed by atoms with Gasteiger partial charge in [-0.3, -0.25) is 4.98 Å². The van der Waals surface area contributed by atoms with Crippen molar-refractivity contribution >= 4 is 28.9 Å². The molecule has 3 aromatic heterocycles. The number of hydrogen-bond acceptors (Lipinski definition) is 7. The maximum absolute atomic E-state index is 12.8. The molecule has 0 bridgehead atoms. The van der Waals surface area contributed by atoms with E-state index in [-0.39, 0.29) is 5.41 Å². The first-order chi connectivity index (χ1) is 14.0. The van der Waals surface area contributed by atoms with Gasteiger partial charge in [-0.1, -0.05) is 0 Å². The van der Waals surface area contributed by atoms with Crippen LogP contribution in [0.1, 0.15) is 12.1 Å². The third-order valence-electron chi connectivity index (χ3n) is 5.55. The number of alkyl halides is 2. The van der Waals surface area contributed by atoms with Gasteiger partial charge in [0.2, 0.25) is 0 Å². The summed E-state index contributed by atoms with van der Waals surface area (Å²) < 4.78 is 29.1. The second kappa shape index (κ2) is 7.17. The average molecular weight is 417 g/mol. The Hall–Kier alpha value is -2.33. The predicted molar refractivity (Wildman–Crippen MR) is 107 cm³/mol. The average Bonchev–Trinajstić information content (AvgIpc) is 3.28. The first-order valence-corrected chi connectivity index (χ1v) is 10.3. The Balaban J connectivity index is 1.25. The van der Waals surface area contributed by atoms with Gasteiger partial charge in [-0.2, -0.15) is 5.10 Å². The van der Waals surface area contributed by atoms with Gasteiger partial charge in [0, 0.05) is 48.4 Å². The van der Waals surface area contributed by atoms with Crippen molar-refractivity contribution in [1.82, 2.24) is 29.0 Å². The molecule has 0 amide bonds.